The van der Waals surface area contributed by atoms with Gasteiger partial charge in [0.15, 0.2) is 0 Å². The topological polar surface area (TPSA) is 46.5 Å². The average Bonchev–Trinajstić information content (AvgIpc) is 2.98. The second-order valence-electron chi connectivity index (χ2n) is 10.8. The van der Waals surface area contributed by atoms with Gasteiger partial charge in [-0.15, -0.1) is 0 Å². The van der Waals surface area contributed by atoms with Gasteiger partial charge in [-0.2, -0.15) is 0 Å². The molecule has 4 nitrogen and oxygen atoms in total. The van der Waals surface area contributed by atoms with E-state index in [4.69, 9.17) is 4.74 Å². The summed E-state index contributed by atoms with van der Waals surface area (Å²) >= 11 is 0. The normalized spacial score (nSPS) is 27.4. The lowest BCUT2D eigenvalue weighted by atomic mass is 9.95. The first kappa shape index (κ1) is 26.2. The zero-order chi connectivity index (χ0) is 23.5. The zero-order valence-electron chi connectivity index (χ0n) is 21.2. The Kier molecular flexibility index (Phi) is 10.7. The Morgan fingerprint density at radius 3 is 2.03 bits per heavy atom. The largest absolute Gasteiger partial charge is 0.461 e. The van der Waals surface area contributed by atoms with Crippen LogP contribution in [-0.2, 0) is 9.53 Å². The van der Waals surface area contributed by atoms with Crippen molar-refractivity contribution >= 4 is 5.97 Å². The van der Waals surface area contributed by atoms with E-state index in [1.807, 2.05) is 30.3 Å². The number of aliphatic hydroxyl groups is 1. The summed E-state index contributed by atoms with van der Waals surface area (Å²) in [7, 11) is 2.45. The number of ether oxygens (including phenoxy) is 1. The van der Waals surface area contributed by atoms with Gasteiger partial charge in [0.05, 0.1) is 32.3 Å². The summed E-state index contributed by atoms with van der Waals surface area (Å²) in [4.78, 5) is 12.8. The number of rotatable bonds is 15. The van der Waals surface area contributed by atoms with Crippen molar-refractivity contribution in [2.45, 2.75) is 121 Å². The number of aliphatic hydroxyl groups excluding tert-OH is 1. The summed E-state index contributed by atoms with van der Waals surface area (Å²) in [5, 5.41) is 9.80. The van der Waals surface area contributed by atoms with Crippen LogP contribution < -0.4 is 0 Å². The van der Waals surface area contributed by atoms with Crippen LogP contribution in [0.2, 0.25) is 0 Å². The Balaban J connectivity index is 1.38. The number of nitrogens with zero attached hydrogens (tertiary/aromatic N) is 1. The van der Waals surface area contributed by atoms with E-state index < -0.39 is 5.92 Å². The van der Waals surface area contributed by atoms with Crippen LogP contribution >= 0.6 is 0 Å². The molecular formula is C29H48NO3+. The van der Waals surface area contributed by atoms with Crippen molar-refractivity contribution in [2.75, 3.05) is 20.2 Å². The Morgan fingerprint density at radius 2 is 1.48 bits per heavy atom. The van der Waals surface area contributed by atoms with Crippen LogP contribution in [0.15, 0.2) is 30.3 Å². The van der Waals surface area contributed by atoms with Gasteiger partial charge in [-0.3, -0.25) is 4.79 Å². The van der Waals surface area contributed by atoms with Crippen molar-refractivity contribution in [3.8, 4) is 0 Å². The van der Waals surface area contributed by atoms with Gasteiger partial charge < -0.3 is 14.3 Å². The maximum absolute atomic E-state index is 12.8. The highest BCUT2D eigenvalue weighted by atomic mass is 16.5. The molecule has 0 radical (unpaired) electrons. The van der Waals surface area contributed by atoms with Gasteiger partial charge >= 0.3 is 5.97 Å². The Labute approximate surface area is 202 Å². The predicted molar refractivity (Wildman–Crippen MR) is 135 cm³/mol. The van der Waals surface area contributed by atoms with E-state index in [9.17, 15) is 9.90 Å². The van der Waals surface area contributed by atoms with Gasteiger partial charge in [0.1, 0.15) is 12.0 Å². The third-order valence-electron chi connectivity index (χ3n) is 8.52. The fourth-order valence-electron chi connectivity index (χ4n) is 6.34. The van der Waals surface area contributed by atoms with E-state index >= 15 is 0 Å². The van der Waals surface area contributed by atoms with Gasteiger partial charge in [0.2, 0.25) is 0 Å². The number of hydrogen-bond acceptors (Lipinski definition) is 3. The molecule has 3 atom stereocenters. The number of benzene rings is 1. The Hall–Kier alpha value is -1.39. The molecule has 4 heteroatoms. The molecule has 2 aliphatic heterocycles. The minimum atomic E-state index is -0.571. The van der Waals surface area contributed by atoms with Crippen LogP contribution in [0.5, 0.6) is 0 Å². The van der Waals surface area contributed by atoms with E-state index in [-0.39, 0.29) is 18.7 Å². The van der Waals surface area contributed by atoms with Gasteiger partial charge in [0.25, 0.3) is 0 Å². The Morgan fingerprint density at radius 1 is 0.939 bits per heavy atom. The average molecular weight is 459 g/mol. The molecule has 0 aromatic heterocycles. The van der Waals surface area contributed by atoms with E-state index in [0.717, 1.165) is 18.4 Å². The summed E-state index contributed by atoms with van der Waals surface area (Å²) in [6, 6.07) is 10.8. The molecule has 3 rings (SSSR count). The number of carbonyl (C=O) groups is 1. The molecule has 33 heavy (non-hydrogen) atoms. The highest BCUT2D eigenvalue weighted by Gasteiger charge is 2.52. The SMILES string of the molecule is CCCCCCCCCCCC[N+]1(C)C2CCC1CC(OC(=O)C(CO)c1ccccc1)C2. The van der Waals surface area contributed by atoms with Crippen molar-refractivity contribution in [3.05, 3.63) is 35.9 Å². The molecule has 2 aliphatic rings. The second kappa shape index (κ2) is 13.5. The van der Waals surface area contributed by atoms with E-state index in [1.165, 1.54) is 88.1 Å². The molecule has 0 spiro atoms. The van der Waals surface area contributed by atoms with Crippen molar-refractivity contribution in [3.63, 3.8) is 0 Å². The monoisotopic (exact) mass is 458 g/mol. The maximum atomic E-state index is 12.8. The molecule has 186 valence electrons. The van der Waals surface area contributed by atoms with Crippen LogP contribution in [0.3, 0.4) is 0 Å². The minimum absolute atomic E-state index is 0.00618. The number of unbranched alkanes of at least 4 members (excludes halogenated alkanes) is 9. The standard InChI is InChI=1S/C29H48NO3/c1-3-4-5-6-7-8-9-10-11-15-20-30(2)25-18-19-26(30)22-27(21-25)33-29(32)28(23-31)24-16-13-12-14-17-24/h12-14,16-17,25-28,31H,3-11,15,18-23H2,1-2H3/q+1. The molecule has 2 fully saturated rings. The van der Waals surface area contributed by atoms with Crippen LogP contribution in [0.1, 0.15) is 108 Å². The highest BCUT2D eigenvalue weighted by Crippen LogP contribution is 2.42. The van der Waals surface area contributed by atoms with Crippen LogP contribution in [0.4, 0.5) is 0 Å². The molecule has 0 aliphatic carbocycles. The first-order valence-corrected chi connectivity index (χ1v) is 13.8. The molecule has 0 amide bonds. The van der Waals surface area contributed by atoms with Crippen molar-refractivity contribution in [1.29, 1.82) is 0 Å². The lowest BCUT2D eigenvalue weighted by molar-refractivity contribution is -0.949. The van der Waals surface area contributed by atoms with Gasteiger partial charge in [-0.1, -0.05) is 88.6 Å². The maximum Gasteiger partial charge on any atom is 0.316 e. The fourth-order valence-corrected chi connectivity index (χ4v) is 6.34. The lowest BCUT2D eigenvalue weighted by Crippen LogP contribution is -2.59. The fraction of sp³-hybridized carbons (Fsp3) is 0.759. The smallest absolute Gasteiger partial charge is 0.316 e. The molecule has 2 heterocycles. The first-order chi connectivity index (χ1) is 16.1. The van der Waals surface area contributed by atoms with Gasteiger partial charge in [0, 0.05) is 25.7 Å². The summed E-state index contributed by atoms with van der Waals surface area (Å²) < 4.78 is 7.16. The molecule has 1 N–H and O–H groups in total. The van der Waals surface area contributed by atoms with Crippen molar-refractivity contribution < 1.29 is 19.1 Å². The summed E-state index contributed by atoms with van der Waals surface area (Å²) in [5.74, 6) is -0.836. The third kappa shape index (κ3) is 7.29. The Bertz CT molecular complexity index is 677. The van der Waals surface area contributed by atoms with Crippen LogP contribution in [0.25, 0.3) is 0 Å². The van der Waals surface area contributed by atoms with E-state index in [0.29, 0.717) is 12.1 Å². The van der Waals surface area contributed by atoms with Gasteiger partial charge in [-0.25, -0.2) is 0 Å². The zero-order valence-corrected chi connectivity index (χ0v) is 21.2. The number of piperidine rings is 1. The molecule has 1 aromatic rings. The molecular weight excluding hydrogens is 410 g/mol. The van der Waals surface area contributed by atoms with E-state index in [1.54, 1.807) is 0 Å². The second-order valence-corrected chi connectivity index (χ2v) is 10.8. The van der Waals surface area contributed by atoms with E-state index in [2.05, 4.69) is 14.0 Å². The number of quaternary nitrogens is 1. The van der Waals surface area contributed by atoms with Crippen molar-refractivity contribution in [1.82, 2.24) is 0 Å². The molecule has 0 saturated carbocycles. The number of hydrogen-bond donors (Lipinski definition) is 1. The number of carbonyl (C=O) groups excluding carboxylic acids is 1. The number of fused-ring (bicyclic) bond motifs is 2. The first-order valence-electron chi connectivity index (χ1n) is 13.8. The van der Waals surface area contributed by atoms with Gasteiger partial charge in [-0.05, 0) is 18.4 Å². The molecule has 2 bridgehead atoms. The van der Waals surface area contributed by atoms with Crippen molar-refractivity contribution in [2.24, 2.45) is 0 Å². The number of esters is 1. The highest BCUT2D eigenvalue weighted by molar-refractivity contribution is 5.78. The van der Waals surface area contributed by atoms with Crippen LogP contribution in [-0.4, -0.2) is 53.9 Å². The minimum Gasteiger partial charge on any atom is -0.461 e. The lowest BCUT2D eigenvalue weighted by Gasteiger charge is -2.47. The third-order valence-corrected chi connectivity index (χ3v) is 8.52. The summed E-state index contributed by atoms with van der Waals surface area (Å²) in [5.41, 5.74) is 0.838. The summed E-state index contributed by atoms with van der Waals surface area (Å²) in [6.45, 7) is 3.35. The quantitative estimate of drug-likeness (QED) is 0.189. The molecule has 1 aromatic carbocycles. The predicted octanol–water partition coefficient (Wildman–Crippen LogP) is 6.37. The summed E-state index contributed by atoms with van der Waals surface area (Å²) in [6.07, 6.45) is 18.3. The molecule has 2 saturated heterocycles. The molecule has 3 unspecified atom stereocenters. The van der Waals surface area contributed by atoms with Crippen LogP contribution in [0, 0.1) is 0 Å².